The average Bonchev–Trinajstić information content (AvgIpc) is 3.71. The Morgan fingerprint density at radius 1 is 0.929 bits per heavy atom. The number of carbonyl (C=O) groups is 1. The van der Waals surface area contributed by atoms with Gasteiger partial charge in [-0.3, -0.25) is 10.1 Å². The first-order valence-corrected chi connectivity index (χ1v) is 15.3. The third-order valence-electron chi connectivity index (χ3n) is 9.71. The van der Waals surface area contributed by atoms with Crippen LogP contribution in [0, 0.1) is 16.7 Å². The molecule has 7 rings (SSSR count). The van der Waals surface area contributed by atoms with Crippen molar-refractivity contribution in [2.45, 2.75) is 40.0 Å². The first kappa shape index (κ1) is 26.7. The molecule has 2 heterocycles. The van der Waals surface area contributed by atoms with E-state index >= 15 is 0 Å². The number of fused-ring (bicyclic) bond motifs is 2. The molecule has 1 amide bonds. The number of aromatic nitrogens is 2. The van der Waals surface area contributed by atoms with Gasteiger partial charge in [-0.2, -0.15) is 10.2 Å². The summed E-state index contributed by atoms with van der Waals surface area (Å²) in [5, 5.41) is 17.5. The Morgan fingerprint density at radius 2 is 1.62 bits per heavy atom. The molecule has 4 aromatic rings. The Kier molecular flexibility index (Phi) is 6.50. The summed E-state index contributed by atoms with van der Waals surface area (Å²) in [4.78, 5) is 13.4. The first-order valence-electron chi connectivity index (χ1n) is 14.5. The van der Waals surface area contributed by atoms with Crippen LogP contribution in [0.3, 0.4) is 0 Å². The van der Waals surface area contributed by atoms with E-state index in [9.17, 15) is 4.79 Å². The summed E-state index contributed by atoms with van der Waals surface area (Å²) in [6, 6.07) is 30.7. The lowest BCUT2D eigenvalue weighted by Crippen LogP contribution is -2.32. The van der Waals surface area contributed by atoms with Gasteiger partial charge in [0.1, 0.15) is 0 Å². The van der Waals surface area contributed by atoms with Gasteiger partial charge in [0.25, 0.3) is 5.91 Å². The second-order valence-corrected chi connectivity index (χ2v) is 13.2. The summed E-state index contributed by atoms with van der Waals surface area (Å²) >= 11 is 1.34. The summed E-state index contributed by atoms with van der Waals surface area (Å²) in [7, 11) is 0. The fourth-order valence-electron chi connectivity index (χ4n) is 6.67. The second-order valence-electron chi connectivity index (χ2n) is 12.2. The smallest absolute Gasteiger partial charge is 0.264 e. The number of rotatable bonds is 5. The normalized spacial score (nSPS) is 25.5. The molecule has 2 atom stereocenters. The Bertz CT molecular complexity index is 1750. The predicted octanol–water partition coefficient (Wildman–Crippen LogP) is 7.97. The van der Waals surface area contributed by atoms with Crippen LogP contribution in [0.15, 0.2) is 106 Å². The van der Waals surface area contributed by atoms with E-state index in [-0.39, 0.29) is 16.7 Å². The van der Waals surface area contributed by atoms with E-state index in [1.165, 1.54) is 23.9 Å². The van der Waals surface area contributed by atoms with Crippen LogP contribution >= 0.6 is 11.8 Å². The molecule has 1 aromatic heterocycles. The molecule has 2 unspecified atom stereocenters. The Balaban J connectivity index is 1.13. The highest BCUT2D eigenvalue weighted by Crippen LogP contribution is 2.64. The molecule has 1 aliphatic heterocycles. The minimum absolute atomic E-state index is 0.0895. The molecule has 1 N–H and O–H groups in total. The summed E-state index contributed by atoms with van der Waals surface area (Å²) in [6.45, 7) is 7.04. The van der Waals surface area contributed by atoms with E-state index in [1.54, 1.807) is 0 Å². The van der Waals surface area contributed by atoms with E-state index in [0.29, 0.717) is 16.0 Å². The van der Waals surface area contributed by atoms with Crippen LogP contribution in [0.4, 0.5) is 0 Å². The van der Waals surface area contributed by atoms with Crippen LogP contribution in [0.2, 0.25) is 0 Å². The van der Waals surface area contributed by atoms with Crippen molar-refractivity contribution >= 4 is 34.6 Å². The number of nitrogens with zero attached hydrogens (tertiary/aromatic N) is 4. The standard InChI is InChI=1S/C35H33N5OS/c1-34(2)26-18-19-35(34,3)31(21-26)37-38-33-36-32(41)30(42-33)20-23-14-16-27(17-15-23)40-29(25-12-8-5-9-13-25)22-28(39-40)24-10-6-4-7-11-24/h4-17,20,22,26H,18-19,21H2,1-3H3,(H,36,38,41)/b30-20-,37-31+. The number of hydrogen-bond acceptors (Lipinski definition) is 5. The van der Waals surface area contributed by atoms with Crippen LogP contribution in [0.1, 0.15) is 45.6 Å². The van der Waals surface area contributed by atoms with Gasteiger partial charge in [-0.05, 0) is 72.2 Å². The van der Waals surface area contributed by atoms with Gasteiger partial charge in [-0.1, -0.05) is 93.6 Å². The molecular weight excluding hydrogens is 538 g/mol. The molecule has 210 valence electrons. The zero-order chi connectivity index (χ0) is 28.9. The number of amides is 1. The van der Waals surface area contributed by atoms with Crippen LogP contribution in [-0.2, 0) is 4.79 Å². The zero-order valence-corrected chi connectivity index (χ0v) is 24.9. The number of benzene rings is 3. The molecule has 7 heteroatoms. The van der Waals surface area contributed by atoms with Crippen molar-refractivity contribution < 1.29 is 4.79 Å². The average molecular weight is 572 g/mol. The van der Waals surface area contributed by atoms with E-state index in [1.807, 2.05) is 71.4 Å². The van der Waals surface area contributed by atoms with Crippen molar-refractivity contribution in [1.82, 2.24) is 15.1 Å². The molecular formula is C35H33N5OS. The van der Waals surface area contributed by atoms with Crippen molar-refractivity contribution in [2.24, 2.45) is 27.0 Å². The maximum atomic E-state index is 12.8. The van der Waals surface area contributed by atoms with Crippen LogP contribution in [0.5, 0.6) is 0 Å². The molecule has 3 aromatic carbocycles. The maximum Gasteiger partial charge on any atom is 0.264 e. The van der Waals surface area contributed by atoms with Gasteiger partial charge >= 0.3 is 0 Å². The van der Waals surface area contributed by atoms with Crippen LogP contribution in [-0.4, -0.2) is 26.6 Å². The molecule has 3 aliphatic rings. The van der Waals surface area contributed by atoms with Gasteiger partial charge in [0.15, 0.2) is 5.17 Å². The fourth-order valence-corrected chi connectivity index (χ4v) is 7.44. The number of amidine groups is 1. The van der Waals surface area contributed by atoms with Crippen molar-refractivity contribution in [2.75, 3.05) is 0 Å². The fraction of sp³-hybridized carbons (Fsp3) is 0.257. The third-order valence-corrected chi connectivity index (χ3v) is 10.6. The highest BCUT2D eigenvalue weighted by molar-refractivity contribution is 8.18. The summed E-state index contributed by atoms with van der Waals surface area (Å²) < 4.78 is 1.98. The van der Waals surface area contributed by atoms with Crippen molar-refractivity contribution in [3.8, 4) is 28.2 Å². The van der Waals surface area contributed by atoms with E-state index in [4.69, 9.17) is 5.10 Å². The lowest BCUT2D eigenvalue weighted by atomic mass is 9.70. The first-order chi connectivity index (χ1) is 20.3. The van der Waals surface area contributed by atoms with E-state index in [2.05, 4.69) is 66.6 Å². The van der Waals surface area contributed by atoms with E-state index in [0.717, 1.165) is 46.6 Å². The highest BCUT2D eigenvalue weighted by Gasteiger charge is 2.60. The minimum atomic E-state index is -0.145. The largest absolute Gasteiger partial charge is 0.299 e. The van der Waals surface area contributed by atoms with E-state index < -0.39 is 0 Å². The predicted molar refractivity (Wildman–Crippen MR) is 172 cm³/mol. The Hall–Kier alpha value is -4.23. The van der Waals surface area contributed by atoms with Crippen LogP contribution < -0.4 is 5.32 Å². The van der Waals surface area contributed by atoms with Gasteiger partial charge in [0, 0.05) is 22.3 Å². The number of carbonyl (C=O) groups excluding carboxylic acids is 1. The van der Waals surface area contributed by atoms with Gasteiger partial charge in [0.2, 0.25) is 0 Å². The molecule has 0 spiro atoms. The molecule has 2 saturated carbocycles. The van der Waals surface area contributed by atoms with Gasteiger partial charge in [-0.25, -0.2) is 4.68 Å². The summed E-state index contributed by atoms with van der Waals surface area (Å²) in [5.74, 6) is 0.523. The SMILES string of the molecule is CC12CCC(C/C1=N\N=C1/NC(=O)/C(=C/c3ccc(-n4nc(-c5ccccc5)cc4-c4ccccc4)cc3)S1)C2(C)C. The molecule has 1 saturated heterocycles. The number of thioether (sulfide) groups is 1. The number of nitrogens with one attached hydrogen (secondary N) is 1. The van der Waals surface area contributed by atoms with Gasteiger partial charge in [0.05, 0.1) is 22.0 Å². The highest BCUT2D eigenvalue weighted by atomic mass is 32.2. The second kappa shape index (κ2) is 10.2. The lowest BCUT2D eigenvalue weighted by Gasteiger charge is -2.34. The van der Waals surface area contributed by atoms with Crippen molar-refractivity contribution in [3.63, 3.8) is 0 Å². The lowest BCUT2D eigenvalue weighted by molar-refractivity contribution is -0.115. The van der Waals surface area contributed by atoms with Crippen molar-refractivity contribution in [3.05, 3.63) is 101 Å². The number of hydrogen-bond donors (Lipinski definition) is 1. The molecule has 42 heavy (non-hydrogen) atoms. The monoisotopic (exact) mass is 571 g/mol. The summed E-state index contributed by atoms with van der Waals surface area (Å²) in [6.07, 6.45) is 5.33. The van der Waals surface area contributed by atoms with Crippen molar-refractivity contribution in [1.29, 1.82) is 0 Å². The third kappa shape index (κ3) is 4.52. The van der Waals surface area contributed by atoms with Gasteiger partial charge < -0.3 is 0 Å². The summed E-state index contributed by atoms with van der Waals surface area (Å²) in [5.41, 5.74) is 7.48. The van der Waals surface area contributed by atoms with Gasteiger partial charge in [-0.15, -0.1) is 5.10 Å². The molecule has 3 fully saturated rings. The molecule has 0 radical (unpaired) electrons. The molecule has 2 bridgehead atoms. The molecule has 6 nitrogen and oxygen atoms in total. The van der Waals surface area contributed by atoms with Crippen LogP contribution in [0.25, 0.3) is 34.3 Å². The quantitative estimate of drug-likeness (QED) is 0.195. The Labute approximate surface area is 250 Å². The minimum Gasteiger partial charge on any atom is -0.299 e. The molecule has 2 aliphatic carbocycles. The Morgan fingerprint density at radius 3 is 2.26 bits per heavy atom. The topological polar surface area (TPSA) is 71.6 Å². The zero-order valence-electron chi connectivity index (χ0n) is 24.0. The maximum absolute atomic E-state index is 12.8.